The second-order valence-corrected chi connectivity index (χ2v) is 4.97. The van der Waals surface area contributed by atoms with E-state index >= 15 is 0 Å². The summed E-state index contributed by atoms with van der Waals surface area (Å²) in [6, 6.07) is 0. The Balaban J connectivity index is 2.14. The molecule has 0 aliphatic carbocycles. The van der Waals surface area contributed by atoms with Crippen LogP contribution in [0.15, 0.2) is 0 Å². The van der Waals surface area contributed by atoms with E-state index in [4.69, 9.17) is 8.74 Å². The van der Waals surface area contributed by atoms with Gasteiger partial charge in [0.15, 0.2) is 5.75 Å². The van der Waals surface area contributed by atoms with E-state index in [0.29, 0.717) is 6.10 Å². The third-order valence-electron chi connectivity index (χ3n) is 1.23. The van der Waals surface area contributed by atoms with Gasteiger partial charge in [-0.1, -0.05) is 0 Å². The molecule has 0 bridgehead atoms. The maximum Gasteiger partial charge on any atom is 0.168 e. The molecule has 1 rings (SSSR count). The van der Waals surface area contributed by atoms with E-state index in [9.17, 15) is 0 Å². The van der Waals surface area contributed by atoms with Crippen molar-refractivity contribution in [2.24, 2.45) is 0 Å². The van der Waals surface area contributed by atoms with Crippen molar-refractivity contribution in [1.82, 2.24) is 0 Å². The van der Waals surface area contributed by atoms with Gasteiger partial charge in [0, 0.05) is 27.6 Å². The van der Waals surface area contributed by atoms with Crippen molar-refractivity contribution in [1.29, 1.82) is 0 Å². The van der Waals surface area contributed by atoms with Crippen LogP contribution < -0.4 is 0 Å². The Morgan fingerprint density at radius 3 is 3.00 bits per heavy atom. The lowest BCUT2D eigenvalue weighted by Crippen LogP contribution is -2.09. The predicted octanol–water partition coefficient (Wildman–Crippen LogP) is 1.86. The lowest BCUT2D eigenvalue weighted by atomic mass is 10.3. The topological polar surface area (TPSA) is 29.5 Å². The van der Waals surface area contributed by atoms with Crippen LogP contribution in [0.1, 0.15) is 6.42 Å². The average Bonchev–Trinajstić information content (AvgIpc) is 2.17. The molecule has 0 saturated carbocycles. The molecular weight excluding hydrogens is 271 g/mol. The molecule has 1 aliphatic heterocycles. The van der Waals surface area contributed by atoms with Gasteiger partial charge in [0.2, 0.25) is 0 Å². The van der Waals surface area contributed by atoms with Crippen molar-refractivity contribution in [2.45, 2.75) is 12.5 Å². The Kier molecular flexibility index (Phi) is 4.01. The van der Waals surface area contributed by atoms with Gasteiger partial charge in [-0.15, -0.1) is 0 Å². The van der Waals surface area contributed by atoms with Gasteiger partial charge >= 0.3 is 0 Å². The smallest absolute Gasteiger partial charge is 0.168 e. The highest BCUT2D eigenvalue weighted by molar-refractivity contribution is 14.2. The standard InChI is InChI=1S/C4H8IO2S2/c5-8-7-4-1-2-9(6)3-4/h4,6H,1-3H2/q+1/t4-,9?/m1/s1. The summed E-state index contributed by atoms with van der Waals surface area (Å²) >= 11 is 1.75. The molecule has 54 valence electrons. The molecule has 0 amide bonds. The molecule has 1 N–H and O–H groups in total. The van der Waals surface area contributed by atoms with Gasteiger partial charge in [-0.05, 0) is 0 Å². The highest BCUT2D eigenvalue weighted by Crippen LogP contribution is 2.23. The molecule has 0 aromatic carbocycles. The molecule has 1 heterocycles. The second-order valence-electron chi connectivity index (χ2n) is 1.90. The molecule has 9 heavy (non-hydrogen) atoms. The minimum atomic E-state index is -0.346. The third kappa shape index (κ3) is 2.83. The van der Waals surface area contributed by atoms with Gasteiger partial charge in [0.05, 0.1) is 9.21 Å². The van der Waals surface area contributed by atoms with Crippen molar-refractivity contribution < 1.29 is 8.74 Å². The van der Waals surface area contributed by atoms with Crippen LogP contribution in [0.3, 0.4) is 0 Å². The fraction of sp³-hybridized carbons (Fsp3) is 1.00. The lowest BCUT2D eigenvalue weighted by molar-refractivity contribution is 0.278. The molecule has 0 aromatic rings. The number of hydrogen-bond donors (Lipinski definition) is 1. The van der Waals surface area contributed by atoms with Crippen LogP contribution in [0.4, 0.5) is 0 Å². The first kappa shape index (κ1) is 8.45. The van der Waals surface area contributed by atoms with E-state index in [1.54, 1.807) is 0 Å². The zero-order chi connectivity index (χ0) is 6.69. The molecule has 0 aromatic heterocycles. The number of hydrogen-bond acceptors (Lipinski definition) is 3. The van der Waals surface area contributed by atoms with Crippen LogP contribution in [0.2, 0.25) is 0 Å². The fourth-order valence-electron chi connectivity index (χ4n) is 0.776. The Hall–Kier alpha value is 1.35. The predicted molar refractivity (Wildman–Crippen MR) is 50.8 cm³/mol. The van der Waals surface area contributed by atoms with E-state index < -0.39 is 0 Å². The Labute approximate surface area is 74.1 Å². The van der Waals surface area contributed by atoms with Gasteiger partial charge in [-0.3, -0.25) is 4.18 Å². The first-order chi connectivity index (χ1) is 4.33. The second kappa shape index (κ2) is 4.27. The summed E-state index contributed by atoms with van der Waals surface area (Å²) in [6.07, 6.45) is 1.33. The summed E-state index contributed by atoms with van der Waals surface area (Å²) in [5.74, 6) is 1.78. The van der Waals surface area contributed by atoms with Crippen molar-refractivity contribution in [2.75, 3.05) is 11.5 Å². The molecule has 5 heteroatoms. The van der Waals surface area contributed by atoms with Crippen molar-refractivity contribution in [3.63, 3.8) is 0 Å². The fourth-order valence-corrected chi connectivity index (χ4v) is 3.38. The van der Waals surface area contributed by atoms with E-state index in [1.165, 1.54) is 9.21 Å². The highest BCUT2D eigenvalue weighted by Gasteiger charge is 2.32. The van der Waals surface area contributed by atoms with Gasteiger partial charge in [0.25, 0.3) is 0 Å². The molecule has 1 aliphatic rings. The normalized spacial score (nSPS) is 35.3. The zero-order valence-corrected chi connectivity index (χ0v) is 8.54. The SMILES string of the molecule is O[S+]1CC[C@@H](OSI)C1. The summed E-state index contributed by atoms with van der Waals surface area (Å²) in [7, 11) is 1.36. The first-order valence-electron chi connectivity index (χ1n) is 2.63. The van der Waals surface area contributed by atoms with Crippen molar-refractivity contribution in [3.8, 4) is 0 Å². The molecule has 2 atom stereocenters. The summed E-state index contributed by atoms with van der Waals surface area (Å²) in [5, 5.41) is 0. The molecule has 0 spiro atoms. The minimum Gasteiger partial charge on any atom is -0.297 e. The van der Waals surface area contributed by atoms with Crippen LogP contribution in [-0.2, 0) is 15.4 Å². The number of halogens is 1. The van der Waals surface area contributed by atoms with Crippen LogP contribution >= 0.6 is 30.4 Å². The quantitative estimate of drug-likeness (QED) is 0.475. The first-order valence-corrected chi connectivity index (χ1v) is 7.44. The Morgan fingerprint density at radius 2 is 2.56 bits per heavy atom. The van der Waals surface area contributed by atoms with E-state index in [-0.39, 0.29) is 11.2 Å². The third-order valence-corrected chi connectivity index (χ3v) is 3.66. The van der Waals surface area contributed by atoms with Gasteiger partial charge in [-0.25, -0.2) is 0 Å². The highest BCUT2D eigenvalue weighted by atomic mass is 127. The monoisotopic (exact) mass is 279 g/mol. The van der Waals surface area contributed by atoms with E-state index in [2.05, 4.69) is 21.2 Å². The average molecular weight is 279 g/mol. The summed E-state index contributed by atoms with van der Waals surface area (Å²) in [6.45, 7) is 0. The van der Waals surface area contributed by atoms with Crippen molar-refractivity contribution in [3.05, 3.63) is 0 Å². The maximum absolute atomic E-state index is 9.06. The molecule has 1 fully saturated rings. The van der Waals surface area contributed by atoms with E-state index in [0.717, 1.165) is 17.9 Å². The minimum absolute atomic E-state index is 0.306. The Bertz CT molecular complexity index is 90.6. The van der Waals surface area contributed by atoms with Crippen LogP contribution in [0.25, 0.3) is 0 Å². The Morgan fingerprint density at radius 1 is 1.78 bits per heavy atom. The van der Waals surface area contributed by atoms with Crippen LogP contribution in [0, 0.1) is 0 Å². The molecular formula is C4H8IO2S2+. The molecule has 1 unspecified atom stereocenters. The summed E-state index contributed by atoms with van der Waals surface area (Å²) < 4.78 is 14.3. The molecule has 2 nitrogen and oxygen atoms in total. The lowest BCUT2D eigenvalue weighted by Gasteiger charge is -1.99. The molecule has 0 radical (unpaired) electrons. The summed E-state index contributed by atoms with van der Waals surface area (Å²) in [5.41, 5.74) is 0. The summed E-state index contributed by atoms with van der Waals surface area (Å²) in [4.78, 5) is 0. The van der Waals surface area contributed by atoms with Crippen LogP contribution in [-0.4, -0.2) is 22.2 Å². The molecule has 1 saturated heterocycles. The largest absolute Gasteiger partial charge is 0.297 e. The van der Waals surface area contributed by atoms with Crippen molar-refractivity contribution >= 4 is 41.6 Å². The van der Waals surface area contributed by atoms with E-state index in [1.807, 2.05) is 0 Å². The number of rotatable bonds is 2. The maximum atomic E-state index is 9.06. The van der Waals surface area contributed by atoms with Gasteiger partial charge in [-0.2, -0.15) is 4.55 Å². The van der Waals surface area contributed by atoms with Gasteiger partial charge in [0.1, 0.15) is 23.0 Å². The van der Waals surface area contributed by atoms with Crippen LogP contribution in [0.5, 0.6) is 0 Å². The zero-order valence-electron chi connectivity index (χ0n) is 4.75. The van der Waals surface area contributed by atoms with Gasteiger partial charge < -0.3 is 0 Å².